The SMILES string of the molecule is CC=CC(=O)OC1SC=CS1.[NaH].[NaH]. The summed E-state index contributed by atoms with van der Waals surface area (Å²) in [6.45, 7) is 1.79. The second-order valence-electron chi connectivity index (χ2n) is 1.77. The molecular formula is C7H10Na2O2S2. The molecule has 0 saturated carbocycles. The van der Waals surface area contributed by atoms with Crippen molar-refractivity contribution in [2.45, 2.75) is 11.7 Å². The first-order valence-corrected chi connectivity index (χ1v) is 5.01. The zero-order chi connectivity index (χ0) is 8.10. The quantitative estimate of drug-likeness (QED) is 0.406. The molecule has 0 aromatic rings. The number of hydrogen-bond acceptors (Lipinski definition) is 4. The van der Waals surface area contributed by atoms with Gasteiger partial charge in [0.1, 0.15) is 0 Å². The minimum atomic E-state index is -0.277. The molecule has 0 unspecified atom stereocenters. The van der Waals surface area contributed by atoms with Gasteiger partial charge in [0.05, 0.1) is 0 Å². The van der Waals surface area contributed by atoms with Gasteiger partial charge in [-0.25, -0.2) is 4.79 Å². The Morgan fingerprint density at radius 3 is 2.38 bits per heavy atom. The van der Waals surface area contributed by atoms with Crippen LogP contribution in [0.3, 0.4) is 0 Å². The van der Waals surface area contributed by atoms with Gasteiger partial charge in [0.2, 0.25) is 4.77 Å². The minimum absolute atomic E-state index is 0. The average Bonchev–Trinajstić information content (AvgIpc) is 2.40. The van der Waals surface area contributed by atoms with E-state index in [1.54, 1.807) is 13.0 Å². The second kappa shape index (κ2) is 10.2. The van der Waals surface area contributed by atoms with Gasteiger partial charge in [-0.1, -0.05) is 29.6 Å². The van der Waals surface area contributed by atoms with Gasteiger partial charge in [0, 0.05) is 6.08 Å². The summed E-state index contributed by atoms with van der Waals surface area (Å²) in [5.41, 5.74) is 0. The van der Waals surface area contributed by atoms with Gasteiger partial charge >= 0.3 is 65.1 Å². The van der Waals surface area contributed by atoms with Crippen molar-refractivity contribution in [1.82, 2.24) is 0 Å². The van der Waals surface area contributed by atoms with Crippen LogP contribution in [-0.4, -0.2) is 69.9 Å². The topological polar surface area (TPSA) is 26.3 Å². The van der Waals surface area contributed by atoms with Crippen LogP contribution < -0.4 is 0 Å². The van der Waals surface area contributed by atoms with Crippen LogP contribution in [0.2, 0.25) is 0 Å². The predicted octanol–water partition coefficient (Wildman–Crippen LogP) is 1.04. The second-order valence-corrected chi connectivity index (χ2v) is 4.01. The first kappa shape index (κ1) is 17.1. The number of hydrogen-bond donors (Lipinski definition) is 0. The van der Waals surface area contributed by atoms with Crippen molar-refractivity contribution in [3.63, 3.8) is 0 Å². The Kier molecular flexibility index (Phi) is 13.4. The Morgan fingerprint density at radius 1 is 1.38 bits per heavy atom. The number of ether oxygens (including phenoxy) is 1. The molecule has 13 heavy (non-hydrogen) atoms. The van der Waals surface area contributed by atoms with Crippen LogP contribution in [0.15, 0.2) is 23.0 Å². The van der Waals surface area contributed by atoms with Crippen molar-refractivity contribution in [2.24, 2.45) is 0 Å². The van der Waals surface area contributed by atoms with Gasteiger partial charge in [-0.05, 0) is 17.7 Å². The van der Waals surface area contributed by atoms with Crippen LogP contribution >= 0.6 is 23.5 Å². The zero-order valence-corrected chi connectivity index (χ0v) is 7.65. The van der Waals surface area contributed by atoms with Crippen LogP contribution in [0.1, 0.15) is 6.92 Å². The molecule has 64 valence electrons. The predicted molar refractivity (Wildman–Crippen MR) is 63.3 cm³/mol. The average molecular weight is 236 g/mol. The molecule has 0 saturated heterocycles. The summed E-state index contributed by atoms with van der Waals surface area (Å²) in [6, 6.07) is 0. The van der Waals surface area contributed by atoms with E-state index in [4.69, 9.17) is 4.74 Å². The first-order valence-electron chi connectivity index (χ1n) is 3.12. The van der Waals surface area contributed by atoms with E-state index in [0.29, 0.717) is 0 Å². The van der Waals surface area contributed by atoms with Crippen molar-refractivity contribution < 1.29 is 9.53 Å². The molecular weight excluding hydrogens is 226 g/mol. The van der Waals surface area contributed by atoms with Crippen molar-refractivity contribution >= 4 is 88.6 Å². The monoisotopic (exact) mass is 236 g/mol. The molecule has 0 aromatic heterocycles. The number of carbonyl (C=O) groups excluding carboxylic acids is 1. The van der Waals surface area contributed by atoms with Crippen LogP contribution in [0.4, 0.5) is 0 Å². The molecule has 0 spiro atoms. The van der Waals surface area contributed by atoms with E-state index in [2.05, 4.69) is 0 Å². The number of allylic oxidation sites excluding steroid dienone is 1. The third-order valence-corrected chi connectivity index (χ3v) is 3.01. The fourth-order valence-corrected chi connectivity index (χ4v) is 2.26. The maximum absolute atomic E-state index is 10.8. The van der Waals surface area contributed by atoms with Gasteiger partial charge in [0.25, 0.3) is 0 Å². The molecule has 1 rings (SSSR count). The fourth-order valence-electron chi connectivity index (χ4n) is 0.550. The normalized spacial score (nSPS) is 15.2. The van der Waals surface area contributed by atoms with Crippen LogP contribution in [0, 0.1) is 0 Å². The van der Waals surface area contributed by atoms with E-state index < -0.39 is 0 Å². The van der Waals surface area contributed by atoms with Crippen LogP contribution in [0.25, 0.3) is 0 Å². The molecule has 0 radical (unpaired) electrons. The van der Waals surface area contributed by atoms with Gasteiger partial charge in [-0.3, -0.25) is 0 Å². The molecule has 0 aliphatic carbocycles. The molecule has 0 N–H and O–H groups in total. The molecule has 1 aliphatic rings. The molecule has 1 heterocycles. The summed E-state index contributed by atoms with van der Waals surface area (Å²) in [6.07, 6.45) is 3.08. The molecule has 1 aliphatic heterocycles. The summed E-state index contributed by atoms with van der Waals surface area (Å²) < 4.78 is 4.90. The third kappa shape index (κ3) is 7.56. The Morgan fingerprint density at radius 2 is 1.92 bits per heavy atom. The molecule has 2 nitrogen and oxygen atoms in total. The number of carbonyl (C=O) groups is 1. The van der Waals surface area contributed by atoms with E-state index in [1.807, 2.05) is 10.8 Å². The van der Waals surface area contributed by atoms with Gasteiger partial charge < -0.3 is 4.74 Å². The fraction of sp³-hybridized carbons (Fsp3) is 0.286. The Bertz CT molecular complexity index is 199. The Hall–Kier alpha value is 1.65. The molecule has 0 aromatic carbocycles. The van der Waals surface area contributed by atoms with E-state index in [9.17, 15) is 4.79 Å². The molecule has 0 atom stereocenters. The van der Waals surface area contributed by atoms with Gasteiger partial charge in [0.15, 0.2) is 0 Å². The molecule has 6 heteroatoms. The molecule has 0 amide bonds. The van der Waals surface area contributed by atoms with E-state index in [0.717, 1.165) is 0 Å². The molecule has 0 fully saturated rings. The first-order chi connectivity index (χ1) is 5.33. The molecule has 0 bridgehead atoms. The summed E-state index contributed by atoms with van der Waals surface area (Å²) >= 11 is 3.00. The van der Waals surface area contributed by atoms with E-state index in [1.165, 1.54) is 29.6 Å². The number of esters is 1. The van der Waals surface area contributed by atoms with Crippen molar-refractivity contribution in [1.29, 1.82) is 0 Å². The standard InChI is InChI=1S/C7H8O2S2.2Na.2H/c1-2-3-6(8)9-7-10-4-5-11-7;;;;/h2-5,7H,1H3;;;;. The van der Waals surface area contributed by atoms with Gasteiger partial charge in [-0.2, -0.15) is 0 Å². The van der Waals surface area contributed by atoms with Gasteiger partial charge in [-0.15, -0.1) is 0 Å². The van der Waals surface area contributed by atoms with Crippen LogP contribution in [-0.2, 0) is 9.53 Å². The summed E-state index contributed by atoms with van der Waals surface area (Å²) in [5.74, 6) is -0.277. The Balaban J connectivity index is 0. The third-order valence-electron chi connectivity index (χ3n) is 0.950. The summed E-state index contributed by atoms with van der Waals surface area (Å²) in [7, 11) is 0. The van der Waals surface area contributed by atoms with Crippen molar-refractivity contribution in [3.8, 4) is 0 Å². The zero-order valence-electron chi connectivity index (χ0n) is 6.02. The summed E-state index contributed by atoms with van der Waals surface area (Å²) in [5, 5.41) is 3.83. The number of thioether (sulfide) groups is 2. The number of rotatable bonds is 2. The Labute approximate surface area is 131 Å². The van der Waals surface area contributed by atoms with Crippen molar-refractivity contribution in [3.05, 3.63) is 23.0 Å². The summed E-state index contributed by atoms with van der Waals surface area (Å²) in [4.78, 5) is 10.8. The van der Waals surface area contributed by atoms with Crippen LogP contribution in [0.5, 0.6) is 0 Å². The van der Waals surface area contributed by atoms with Crippen molar-refractivity contribution in [2.75, 3.05) is 0 Å². The maximum atomic E-state index is 10.8. The van der Waals surface area contributed by atoms with E-state index >= 15 is 0 Å². The van der Waals surface area contributed by atoms with E-state index in [-0.39, 0.29) is 69.9 Å².